The van der Waals surface area contributed by atoms with Gasteiger partial charge >= 0.3 is 0 Å². The maximum absolute atomic E-state index is 5.23. The highest BCUT2D eigenvalue weighted by Gasteiger charge is 2.35. The fraction of sp³-hybridized carbons (Fsp3) is 0.933. The van der Waals surface area contributed by atoms with Gasteiger partial charge < -0.3 is 10.6 Å². The van der Waals surface area contributed by atoms with Gasteiger partial charge in [-0.05, 0) is 43.3 Å². The summed E-state index contributed by atoms with van der Waals surface area (Å²) in [5, 5.41) is 7.32. The third-order valence-corrected chi connectivity index (χ3v) is 4.96. The van der Waals surface area contributed by atoms with Crippen molar-refractivity contribution in [3.05, 3.63) is 0 Å². The zero-order chi connectivity index (χ0) is 12.8. The van der Waals surface area contributed by atoms with Crippen molar-refractivity contribution in [3.8, 4) is 0 Å². The van der Waals surface area contributed by atoms with Crippen molar-refractivity contribution >= 4 is 17.3 Å². The van der Waals surface area contributed by atoms with E-state index in [9.17, 15) is 0 Å². The minimum Gasteiger partial charge on any atom is -0.366 e. The Bertz CT molecular complexity index is 267. The van der Waals surface area contributed by atoms with Crippen LogP contribution in [0.5, 0.6) is 0 Å². The van der Waals surface area contributed by atoms with E-state index in [4.69, 9.17) is 12.2 Å². The molecule has 2 N–H and O–H groups in total. The van der Waals surface area contributed by atoms with Gasteiger partial charge in [0.1, 0.15) is 0 Å². The first-order valence-corrected chi connectivity index (χ1v) is 8.18. The average Bonchev–Trinajstić information content (AvgIpc) is 3.09. The third-order valence-electron chi connectivity index (χ3n) is 4.64. The summed E-state index contributed by atoms with van der Waals surface area (Å²) in [7, 11) is 1.90. The Kier molecular flexibility index (Phi) is 5.74. The van der Waals surface area contributed by atoms with E-state index in [-0.39, 0.29) is 0 Å². The lowest BCUT2D eigenvalue weighted by Gasteiger charge is -2.20. The van der Waals surface area contributed by atoms with Gasteiger partial charge in [0.2, 0.25) is 0 Å². The lowest BCUT2D eigenvalue weighted by atomic mass is 9.98. The number of hydrogen-bond donors (Lipinski definition) is 2. The van der Waals surface area contributed by atoms with Crippen molar-refractivity contribution in [1.29, 1.82) is 0 Å². The molecule has 18 heavy (non-hydrogen) atoms. The molecule has 0 aromatic heterocycles. The molecule has 0 amide bonds. The second-order valence-corrected chi connectivity index (χ2v) is 6.51. The molecule has 104 valence electrons. The SMILES string of the molecule is CNC(=S)NC1CCCCCCC2CC2CCC1. The van der Waals surface area contributed by atoms with E-state index >= 15 is 0 Å². The highest BCUT2D eigenvalue weighted by atomic mass is 32.1. The molecule has 3 unspecified atom stereocenters. The van der Waals surface area contributed by atoms with Crippen LogP contribution in [0.3, 0.4) is 0 Å². The van der Waals surface area contributed by atoms with Crippen LogP contribution in [0.4, 0.5) is 0 Å². The number of rotatable bonds is 1. The van der Waals surface area contributed by atoms with Gasteiger partial charge in [-0.3, -0.25) is 0 Å². The predicted octanol–water partition coefficient (Wildman–Crippen LogP) is 3.61. The number of hydrogen-bond acceptors (Lipinski definition) is 1. The monoisotopic (exact) mass is 268 g/mol. The van der Waals surface area contributed by atoms with Crippen LogP contribution in [-0.2, 0) is 0 Å². The smallest absolute Gasteiger partial charge is 0.166 e. The van der Waals surface area contributed by atoms with E-state index in [1.54, 1.807) is 0 Å². The number of fused-ring (bicyclic) bond motifs is 1. The summed E-state index contributed by atoms with van der Waals surface area (Å²) >= 11 is 5.23. The summed E-state index contributed by atoms with van der Waals surface area (Å²) < 4.78 is 0. The summed E-state index contributed by atoms with van der Waals surface area (Å²) in [6, 6.07) is 0.599. The van der Waals surface area contributed by atoms with E-state index in [1.165, 1.54) is 64.2 Å². The molecule has 3 heteroatoms. The maximum atomic E-state index is 5.23. The molecule has 2 fully saturated rings. The Balaban J connectivity index is 1.76. The minimum atomic E-state index is 0.599. The highest BCUT2D eigenvalue weighted by molar-refractivity contribution is 7.80. The Morgan fingerprint density at radius 1 is 0.889 bits per heavy atom. The van der Waals surface area contributed by atoms with Crippen molar-refractivity contribution in [3.63, 3.8) is 0 Å². The fourth-order valence-corrected chi connectivity index (χ4v) is 3.51. The zero-order valence-corrected chi connectivity index (χ0v) is 12.5. The summed E-state index contributed by atoms with van der Waals surface area (Å²) in [4.78, 5) is 0. The van der Waals surface area contributed by atoms with Crippen LogP contribution in [0, 0.1) is 11.8 Å². The van der Waals surface area contributed by atoms with Gasteiger partial charge in [0.05, 0.1) is 0 Å². The Morgan fingerprint density at radius 3 is 2.22 bits per heavy atom. The normalized spacial score (nSPS) is 33.5. The van der Waals surface area contributed by atoms with Crippen LogP contribution in [0.15, 0.2) is 0 Å². The van der Waals surface area contributed by atoms with Crippen LogP contribution in [0.2, 0.25) is 0 Å². The molecule has 0 radical (unpaired) electrons. The van der Waals surface area contributed by atoms with Crippen LogP contribution in [0.25, 0.3) is 0 Å². The van der Waals surface area contributed by atoms with Crippen molar-refractivity contribution in [2.75, 3.05) is 7.05 Å². The molecular weight excluding hydrogens is 240 g/mol. The van der Waals surface area contributed by atoms with Gasteiger partial charge in [-0.15, -0.1) is 0 Å². The lowest BCUT2D eigenvalue weighted by molar-refractivity contribution is 0.435. The van der Waals surface area contributed by atoms with Crippen molar-refractivity contribution in [2.45, 2.75) is 70.3 Å². The minimum absolute atomic E-state index is 0.599. The van der Waals surface area contributed by atoms with E-state index in [2.05, 4.69) is 10.6 Å². The molecule has 2 rings (SSSR count). The Hall–Kier alpha value is -0.310. The molecule has 2 nitrogen and oxygen atoms in total. The van der Waals surface area contributed by atoms with Gasteiger partial charge in [-0.25, -0.2) is 0 Å². The molecule has 0 bridgehead atoms. The summed E-state index contributed by atoms with van der Waals surface area (Å²) in [6.45, 7) is 0. The van der Waals surface area contributed by atoms with E-state index in [0.717, 1.165) is 16.9 Å². The standard InChI is InChI=1S/C15H28N2S/c1-16-15(18)17-14-9-5-3-2-4-7-12-11-13(12)8-6-10-14/h12-14H,2-11H2,1H3,(H2,16,17,18). The second kappa shape index (κ2) is 7.32. The molecular formula is C15H28N2S. The van der Waals surface area contributed by atoms with Crippen molar-refractivity contribution < 1.29 is 0 Å². The van der Waals surface area contributed by atoms with Gasteiger partial charge in [-0.2, -0.15) is 0 Å². The first-order valence-electron chi connectivity index (χ1n) is 7.78. The molecule has 3 atom stereocenters. The largest absolute Gasteiger partial charge is 0.366 e. The number of thiocarbonyl (C=S) groups is 1. The van der Waals surface area contributed by atoms with Crippen LogP contribution in [0.1, 0.15) is 64.2 Å². The molecule has 0 saturated heterocycles. The molecule has 2 aliphatic carbocycles. The van der Waals surface area contributed by atoms with Crippen LogP contribution >= 0.6 is 12.2 Å². The van der Waals surface area contributed by atoms with E-state index < -0.39 is 0 Å². The van der Waals surface area contributed by atoms with E-state index in [1.807, 2.05) is 7.05 Å². The lowest BCUT2D eigenvalue weighted by Crippen LogP contribution is -2.40. The van der Waals surface area contributed by atoms with E-state index in [0.29, 0.717) is 6.04 Å². The first kappa shape index (κ1) is 14.1. The molecule has 2 aliphatic rings. The van der Waals surface area contributed by atoms with Crippen molar-refractivity contribution in [1.82, 2.24) is 10.6 Å². The van der Waals surface area contributed by atoms with Gasteiger partial charge in [0, 0.05) is 13.1 Å². The molecule has 0 aromatic rings. The molecule has 2 saturated carbocycles. The zero-order valence-electron chi connectivity index (χ0n) is 11.7. The molecule has 0 heterocycles. The van der Waals surface area contributed by atoms with Gasteiger partial charge in [0.15, 0.2) is 5.11 Å². The Labute approximate surface area is 117 Å². The van der Waals surface area contributed by atoms with Gasteiger partial charge in [0.25, 0.3) is 0 Å². The first-order chi connectivity index (χ1) is 8.79. The third kappa shape index (κ3) is 4.75. The predicted molar refractivity (Wildman–Crippen MR) is 81.7 cm³/mol. The fourth-order valence-electron chi connectivity index (χ4n) is 3.34. The van der Waals surface area contributed by atoms with Crippen LogP contribution in [-0.4, -0.2) is 18.2 Å². The summed E-state index contributed by atoms with van der Waals surface area (Å²) in [5.41, 5.74) is 0. The molecule has 0 spiro atoms. The second-order valence-electron chi connectivity index (χ2n) is 6.10. The average molecular weight is 268 g/mol. The summed E-state index contributed by atoms with van der Waals surface area (Å²) in [5.74, 6) is 2.16. The number of nitrogens with one attached hydrogen (secondary N) is 2. The summed E-state index contributed by atoms with van der Waals surface area (Å²) in [6.07, 6.45) is 14.1. The maximum Gasteiger partial charge on any atom is 0.166 e. The highest BCUT2D eigenvalue weighted by Crippen LogP contribution is 2.46. The molecule has 0 aromatic carbocycles. The van der Waals surface area contributed by atoms with Crippen molar-refractivity contribution in [2.24, 2.45) is 11.8 Å². The molecule has 0 aliphatic heterocycles. The quantitative estimate of drug-likeness (QED) is 0.710. The van der Waals surface area contributed by atoms with Gasteiger partial charge in [-0.1, -0.05) is 44.9 Å². The topological polar surface area (TPSA) is 24.1 Å². The van der Waals surface area contributed by atoms with Crippen LogP contribution < -0.4 is 10.6 Å². The Morgan fingerprint density at radius 2 is 1.50 bits per heavy atom.